The molecule has 0 saturated carbocycles. The number of fused-ring (bicyclic) bond motifs is 1. The Balaban J connectivity index is 1.70. The van der Waals surface area contributed by atoms with Gasteiger partial charge < -0.3 is 21.0 Å². The first-order valence-corrected chi connectivity index (χ1v) is 11.8. The second-order valence-corrected chi connectivity index (χ2v) is 9.54. The van der Waals surface area contributed by atoms with Gasteiger partial charge in [0.05, 0.1) is 0 Å². The van der Waals surface area contributed by atoms with Crippen LogP contribution < -0.4 is 11.1 Å². The van der Waals surface area contributed by atoms with Crippen LogP contribution in [0.3, 0.4) is 0 Å². The van der Waals surface area contributed by atoms with Crippen LogP contribution in [0.4, 0.5) is 5.13 Å². The van der Waals surface area contributed by atoms with Gasteiger partial charge in [-0.05, 0) is 25.8 Å². The van der Waals surface area contributed by atoms with Gasteiger partial charge in [0, 0.05) is 10.6 Å². The zero-order valence-corrected chi connectivity index (χ0v) is 18.9. The van der Waals surface area contributed by atoms with Gasteiger partial charge in [0.2, 0.25) is 0 Å². The molecule has 3 rings (SSSR count). The lowest BCUT2D eigenvalue weighted by Gasteiger charge is -2.49. The summed E-state index contributed by atoms with van der Waals surface area (Å²) in [6.45, 7) is 4.30. The number of thioether (sulfide) groups is 1. The number of carboxylic acid groups (broad SMARTS) is 1. The lowest BCUT2D eigenvalue weighted by Crippen LogP contribution is -2.71. The molecule has 3 heterocycles. The lowest BCUT2D eigenvalue weighted by molar-refractivity contribution is -0.150. The number of carbonyl (C=O) groups excluding carboxylic acids is 2. The molecular weight excluding hydrogens is 442 g/mol. The molecule has 31 heavy (non-hydrogen) atoms. The van der Waals surface area contributed by atoms with Gasteiger partial charge in [0.25, 0.3) is 11.8 Å². The number of oxime groups is 1. The number of unbranched alkanes of at least 4 members (excludes halogenated alkanes) is 3. The molecule has 3 atom stereocenters. The van der Waals surface area contributed by atoms with Crippen LogP contribution in [0.5, 0.6) is 0 Å². The molecule has 0 radical (unpaired) electrons. The zero-order chi connectivity index (χ0) is 22.5. The first kappa shape index (κ1) is 23.1. The first-order chi connectivity index (χ1) is 14.8. The molecular formula is C19H25N5O5S2. The van der Waals surface area contributed by atoms with Crippen molar-refractivity contribution in [1.29, 1.82) is 0 Å². The Morgan fingerprint density at radius 2 is 2.16 bits per heavy atom. The van der Waals surface area contributed by atoms with Crippen molar-refractivity contribution in [3.05, 3.63) is 22.8 Å². The standard InChI is InChI=1S/C19H25N5O5S2/c1-3-4-5-6-7-29-23-13(11-9-30-19(20)21-11)15(25)22-14-16(26)24-12(18(27)28)8-10(2)31-17(14)24/h8-10,14,17H,3-7H2,1-2H3,(H2,20,21)(H,22,25)(H,27,28)/b23-13+. The van der Waals surface area contributed by atoms with E-state index >= 15 is 0 Å². The molecule has 12 heteroatoms. The summed E-state index contributed by atoms with van der Waals surface area (Å²) in [5.74, 6) is -2.28. The van der Waals surface area contributed by atoms with Crippen LogP contribution in [-0.4, -0.2) is 61.8 Å². The van der Waals surface area contributed by atoms with Crippen LogP contribution in [0, 0.1) is 0 Å². The van der Waals surface area contributed by atoms with Gasteiger partial charge in [-0.25, -0.2) is 9.78 Å². The highest BCUT2D eigenvalue weighted by molar-refractivity contribution is 8.00. The number of aliphatic carboxylic acids is 1. The Kier molecular flexibility index (Phi) is 7.55. The predicted octanol–water partition coefficient (Wildman–Crippen LogP) is 1.78. The summed E-state index contributed by atoms with van der Waals surface area (Å²) in [6, 6.07) is -0.867. The zero-order valence-electron chi connectivity index (χ0n) is 17.2. The molecule has 0 spiro atoms. The number of hydrogen-bond acceptors (Lipinski definition) is 9. The molecule has 1 saturated heterocycles. The predicted molar refractivity (Wildman–Crippen MR) is 118 cm³/mol. The van der Waals surface area contributed by atoms with E-state index in [9.17, 15) is 19.5 Å². The molecule has 1 aromatic heterocycles. The van der Waals surface area contributed by atoms with Gasteiger partial charge in [-0.1, -0.05) is 24.9 Å². The molecule has 168 valence electrons. The van der Waals surface area contributed by atoms with Gasteiger partial charge in [-0.3, -0.25) is 14.5 Å². The Morgan fingerprint density at radius 1 is 1.39 bits per heavy atom. The Labute approximate surface area is 187 Å². The van der Waals surface area contributed by atoms with Crippen molar-refractivity contribution in [2.75, 3.05) is 12.3 Å². The van der Waals surface area contributed by atoms with E-state index in [2.05, 4.69) is 22.4 Å². The fourth-order valence-electron chi connectivity index (χ4n) is 3.24. The molecule has 4 N–H and O–H groups in total. The summed E-state index contributed by atoms with van der Waals surface area (Å²) in [6.07, 6.45) is 5.52. The maximum absolute atomic E-state index is 12.9. The number of β-lactam (4-membered cyclic amide) rings is 1. The number of nitrogens with zero attached hydrogens (tertiary/aromatic N) is 3. The molecule has 0 aliphatic carbocycles. The van der Waals surface area contributed by atoms with E-state index in [0.717, 1.165) is 37.0 Å². The van der Waals surface area contributed by atoms with Crippen molar-refractivity contribution in [3.63, 3.8) is 0 Å². The summed E-state index contributed by atoms with van der Waals surface area (Å²) in [4.78, 5) is 47.6. The molecule has 3 unspecified atom stereocenters. The number of aromatic nitrogens is 1. The SMILES string of the molecule is CCCCCCO/N=C(/C(=O)NC1C(=O)N2C(C(=O)O)=CC(C)SC12)c1csc(N)n1. The van der Waals surface area contributed by atoms with Gasteiger partial charge in [-0.2, -0.15) is 0 Å². The van der Waals surface area contributed by atoms with E-state index in [1.165, 1.54) is 22.7 Å². The van der Waals surface area contributed by atoms with Crippen molar-refractivity contribution in [1.82, 2.24) is 15.2 Å². The summed E-state index contributed by atoms with van der Waals surface area (Å²) in [7, 11) is 0. The summed E-state index contributed by atoms with van der Waals surface area (Å²) < 4.78 is 0. The maximum atomic E-state index is 12.9. The Morgan fingerprint density at radius 3 is 2.81 bits per heavy atom. The van der Waals surface area contributed by atoms with Crippen molar-refractivity contribution in [3.8, 4) is 0 Å². The quantitative estimate of drug-likeness (QED) is 0.204. The minimum Gasteiger partial charge on any atom is -0.477 e. The van der Waals surface area contributed by atoms with Gasteiger partial charge in [0.15, 0.2) is 10.8 Å². The Bertz CT molecular complexity index is 915. The van der Waals surface area contributed by atoms with Gasteiger partial charge >= 0.3 is 5.97 Å². The van der Waals surface area contributed by atoms with Crippen LogP contribution in [-0.2, 0) is 19.2 Å². The second-order valence-electron chi connectivity index (χ2n) is 7.15. The number of rotatable bonds is 10. The van der Waals surface area contributed by atoms with Crippen LogP contribution in [0.15, 0.2) is 22.3 Å². The fourth-order valence-corrected chi connectivity index (χ4v) is 5.12. The molecule has 1 fully saturated rings. The van der Waals surface area contributed by atoms with Crippen molar-refractivity contribution >= 4 is 51.7 Å². The third kappa shape index (κ3) is 5.18. The number of nitrogens with one attached hydrogen (secondary N) is 1. The number of nitrogens with two attached hydrogens (primary N) is 1. The summed E-state index contributed by atoms with van der Waals surface area (Å²) in [5.41, 5.74) is 5.81. The average molecular weight is 468 g/mol. The third-order valence-corrected chi connectivity index (χ3v) is 6.78. The molecule has 2 aliphatic rings. The maximum Gasteiger partial charge on any atom is 0.352 e. The van der Waals surface area contributed by atoms with Crippen molar-refractivity contribution in [2.24, 2.45) is 5.16 Å². The Hall–Kier alpha value is -2.60. The molecule has 1 aromatic rings. The largest absolute Gasteiger partial charge is 0.477 e. The molecule has 2 aliphatic heterocycles. The highest BCUT2D eigenvalue weighted by atomic mass is 32.2. The van der Waals surface area contributed by atoms with E-state index in [1.54, 1.807) is 5.38 Å². The smallest absolute Gasteiger partial charge is 0.352 e. The van der Waals surface area contributed by atoms with Crippen molar-refractivity contribution in [2.45, 2.75) is 56.2 Å². The number of nitrogen functional groups attached to an aromatic ring is 1. The third-order valence-electron chi connectivity index (χ3n) is 4.78. The number of carboxylic acids is 1. The average Bonchev–Trinajstić information content (AvgIpc) is 3.16. The molecule has 10 nitrogen and oxygen atoms in total. The fraction of sp³-hybridized carbons (Fsp3) is 0.526. The summed E-state index contributed by atoms with van der Waals surface area (Å²) in [5, 5.41) is 17.2. The molecule has 0 bridgehead atoms. The van der Waals surface area contributed by atoms with E-state index in [-0.39, 0.29) is 27.5 Å². The number of hydrogen-bond donors (Lipinski definition) is 3. The highest BCUT2D eigenvalue weighted by Crippen LogP contribution is 2.40. The highest BCUT2D eigenvalue weighted by Gasteiger charge is 2.54. The van der Waals surface area contributed by atoms with Crippen molar-refractivity contribution < 1.29 is 24.3 Å². The molecule has 2 amide bonds. The van der Waals surface area contributed by atoms with Gasteiger partial charge in [0.1, 0.15) is 29.4 Å². The first-order valence-electron chi connectivity index (χ1n) is 9.99. The van der Waals surface area contributed by atoms with E-state index in [4.69, 9.17) is 10.6 Å². The number of anilines is 1. The lowest BCUT2D eigenvalue weighted by atomic mass is 10.0. The number of carbonyl (C=O) groups is 3. The number of amides is 2. The molecule has 0 aromatic carbocycles. The second kappa shape index (κ2) is 10.1. The van der Waals surface area contributed by atoms with Crippen LogP contribution in [0.25, 0.3) is 0 Å². The van der Waals surface area contributed by atoms with Crippen LogP contribution in [0.2, 0.25) is 0 Å². The van der Waals surface area contributed by atoms with E-state index < -0.39 is 29.2 Å². The summed E-state index contributed by atoms with van der Waals surface area (Å²) >= 11 is 2.56. The van der Waals surface area contributed by atoms with Gasteiger partial charge in [-0.15, -0.1) is 23.1 Å². The number of thiazole rings is 1. The van der Waals surface area contributed by atoms with Crippen LogP contribution >= 0.6 is 23.1 Å². The van der Waals surface area contributed by atoms with E-state index in [0.29, 0.717) is 6.61 Å². The van der Waals surface area contributed by atoms with Crippen LogP contribution in [0.1, 0.15) is 45.2 Å². The monoisotopic (exact) mass is 467 g/mol. The normalized spacial score (nSPS) is 23.0. The topological polar surface area (TPSA) is 147 Å². The minimum atomic E-state index is -1.17. The van der Waals surface area contributed by atoms with E-state index in [1.807, 2.05) is 6.92 Å². The minimum absolute atomic E-state index is 0.0664.